The van der Waals surface area contributed by atoms with Crippen molar-refractivity contribution < 1.29 is 4.79 Å². The Bertz CT molecular complexity index is 717. The van der Waals surface area contributed by atoms with Crippen molar-refractivity contribution in [3.8, 4) is 0 Å². The van der Waals surface area contributed by atoms with Gasteiger partial charge in [-0.25, -0.2) is 9.67 Å². The van der Waals surface area contributed by atoms with Gasteiger partial charge in [0.1, 0.15) is 5.39 Å². The Morgan fingerprint density at radius 2 is 2.28 bits per heavy atom. The lowest BCUT2D eigenvalue weighted by Crippen LogP contribution is -2.21. The fraction of sp³-hybridized carbons (Fsp3) is 0.400. The van der Waals surface area contributed by atoms with Gasteiger partial charge in [-0.3, -0.25) is 14.2 Å². The van der Waals surface area contributed by atoms with Crippen molar-refractivity contribution >= 4 is 34.5 Å². The summed E-state index contributed by atoms with van der Waals surface area (Å²) in [5.74, 6) is 0.875. The zero-order valence-electron chi connectivity index (χ0n) is 9.93. The topological polar surface area (TPSA) is 81.8 Å². The van der Waals surface area contributed by atoms with E-state index in [1.807, 2.05) is 0 Å². The Kier molecular flexibility index (Phi) is 2.40. The standard InChI is InChI=1S/C10H11N5O2S/c1-5(16)11-7-6-8(14(2)13-7)12-10-15(9(6)17)3-4-18-10/h3-4H2,1-2H3,(H,11,13,16). The summed E-state index contributed by atoms with van der Waals surface area (Å²) in [6.45, 7) is 2.03. The fourth-order valence-electron chi connectivity index (χ4n) is 2.00. The maximum absolute atomic E-state index is 12.3. The van der Waals surface area contributed by atoms with Crippen LogP contribution in [0.4, 0.5) is 5.82 Å². The summed E-state index contributed by atoms with van der Waals surface area (Å²) < 4.78 is 3.14. The van der Waals surface area contributed by atoms with Crippen molar-refractivity contribution in [1.82, 2.24) is 19.3 Å². The second kappa shape index (κ2) is 3.84. The summed E-state index contributed by atoms with van der Waals surface area (Å²) in [7, 11) is 1.71. The number of aryl methyl sites for hydroxylation is 1. The molecule has 8 heteroatoms. The predicted octanol–water partition coefficient (Wildman–Crippen LogP) is 0.194. The number of nitrogens with one attached hydrogen (secondary N) is 1. The normalized spacial score (nSPS) is 13.9. The van der Waals surface area contributed by atoms with Gasteiger partial charge < -0.3 is 5.32 Å². The predicted molar refractivity (Wildman–Crippen MR) is 67.8 cm³/mol. The third-order valence-electron chi connectivity index (χ3n) is 2.75. The Labute approximate surface area is 106 Å². The molecule has 0 radical (unpaired) electrons. The number of hydrogen-bond donors (Lipinski definition) is 1. The second-order valence-corrected chi connectivity index (χ2v) is 5.11. The number of nitrogens with zero attached hydrogens (tertiary/aromatic N) is 4. The van der Waals surface area contributed by atoms with Gasteiger partial charge in [0.15, 0.2) is 16.6 Å². The van der Waals surface area contributed by atoms with Gasteiger partial charge >= 0.3 is 0 Å². The molecule has 0 aromatic carbocycles. The third-order valence-corrected chi connectivity index (χ3v) is 3.71. The molecule has 94 valence electrons. The van der Waals surface area contributed by atoms with E-state index in [4.69, 9.17) is 0 Å². The first-order valence-corrected chi connectivity index (χ1v) is 6.44. The molecule has 18 heavy (non-hydrogen) atoms. The van der Waals surface area contributed by atoms with Crippen LogP contribution in [0.15, 0.2) is 9.95 Å². The maximum Gasteiger partial charge on any atom is 0.267 e. The molecule has 1 aliphatic rings. The SMILES string of the molecule is CC(=O)Nc1nn(C)c2nc3n(c(=O)c12)CCS3. The van der Waals surface area contributed by atoms with E-state index < -0.39 is 0 Å². The van der Waals surface area contributed by atoms with E-state index in [0.29, 0.717) is 22.7 Å². The number of amides is 1. The number of hydrogen-bond acceptors (Lipinski definition) is 5. The van der Waals surface area contributed by atoms with Gasteiger partial charge in [-0.2, -0.15) is 5.10 Å². The minimum Gasteiger partial charge on any atom is -0.309 e. The highest BCUT2D eigenvalue weighted by Crippen LogP contribution is 2.25. The van der Waals surface area contributed by atoms with Crippen LogP contribution in [0.5, 0.6) is 0 Å². The molecule has 0 aliphatic carbocycles. The summed E-state index contributed by atoms with van der Waals surface area (Å²) in [6, 6.07) is 0. The molecule has 3 rings (SSSR count). The van der Waals surface area contributed by atoms with E-state index in [0.717, 1.165) is 5.75 Å². The van der Waals surface area contributed by atoms with Crippen LogP contribution < -0.4 is 10.9 Å². The summed E-state index contributed by atoms with van der Waals surface area (Å²) in [6.07, 6.45) is 0. The molecule has 0 spiro atoms. The molecule has 0 saturated heterocycles. The van der Waals surface area contributed by atoms with Crippen molar-refractivity contribution in [2.24, 2.45) is 7.05 Å². The van der Waals surface area contributed by atoms with Crippen molar-refractivity contribution in [3.63, 3.8) is 0 Å². The highest BCUT2D eigenvalue weighted by atomic mass is 32.2. The Hall–Kier alpha value is -1.83. The molecule has 0 unspecified atom stereocenters. The molecule has 2 aromatic heterocycles. The van der Waals surface area contributed by atoms with E-state index >= 15 is 0 Å². The number of fused-ring (bicyclic) bond motifs is 2. The van der Waals surface area contributed by atoms with Crippen LogP contribution in [0, 0.1) is 0 Å². The van der Waals surface area contributed by atoms with Gasteiger partial charge in [0, 0.05) is 26.3 Å². The van der Waals surface area contributed by atoms with Crippen LogP contribution in [0.3, 0.4) is 0 Å². The quantitative estimate of drug-likeness (QED) is 0.745. The van der Waals surface area contributed by atoms with Gasteiger partial charge in [-0.05, 0) is 0 Å². The van der Waals surface area contributed by atoms with Gasteiger partial charge in [-0.15, -0.1) is 0 Å². The molecular weight excluding hydrogens is 254 g/mol. The first-order chi connectivity index (χ1) is 8.58. The largest absolute Gasteiger partial charge is 0.309 e. The molecule has 3 heterocycles. The van der Waals surface area contributed by atoms with Crippen LogP contribution in [0.1, 0.15) is 6.92 Å². The number of rotatable bonds is 1. The van der Waals surface area contributed by atoms with E-state index in [-0.39, 0.29) is 17.3 Å². The Morgan fingerprint density at radius 3 is 3.00 bits per heavy atom. The summed E-state index contributed by atoms with van der Waals surface area (Å²) in [4.78, 5) is 27.9. The minimum atomic E-state index is -0.255. The van der Waals surface area contributed by atoms with E-state index in [2.05, 4.69) is 15.4 Å². The molecule has 1 aliphatic heterocycles. The number of anilines is 1. The second-order valence-electron chi connectivity index (χ2n) is 4.05. The lowest BCUT2D eigenvalue weighted by molar-refractivity contribution is -0.114. The van der Waals surface area contributed by atoms with Crippen LogP contribution in [0.2, 0.25) is 0 Å². The number of carbonyl (C=O) groups excluding carboxylic acids is 1. The number of carbonyl (C=O) groups is 1. The first-order valence-electron chi connectivity index (χ1n) is 5.46. The fourth-order valence-corrected chi connectivity index (χ4v) is 2.94. The van der Waals surface area contributed by atoms with Crippen molar-refractivity contribution in [2.75, 3.05) is 11.1 Å². The monoisotopic (exact) mass is 265 g/mol. The lowest BCUT2D eigenvalue weighted by atomic mass is 10.4. The number of thioether (sulfide) groups is 1. The Morgan fingerprint density at radius 1 is 1.50 bits per heavy atom. The van der Waals surface area contributed by atoms with Gasteiger partial charge in [-0.1, -0.05) is 11.8 Å². The molecule has 0 saturated carbocycles. The maximum atomic E-state index is 12.3. The van der Waals surface area contributed by atoms with Crippen molar-refractivity contribution in [3.05, 3.63) is 10.4 Å². The smallest absolute Gasteiger partial charge is 0.267 e. The molecule has 1 N–H and O–H groups in total. The Balaban J connectivity index is 2.34. The van der Waals surface area contributed by atoms with Crippen molar-refractivity contribution in [1.29, 1.82) is 0 Å². The van der Waals surface area contributed by atoms with E-state index in [1.54, 1.807) is 23.4 Å². The molecule has 7 nitrogen and oxygen atoms in total. The molecular formula is C10H11N5O2S. The van der Waals surface area contributed by atoms with Gasteiger partial charge in [0.25, 0.3) is 5.56 Å². The molecule has 2 aromatic rings. The summed E-state index contributed by atoms with van der Waals surface area (Å²) >= 11 is 1.55. The van der Waals surface area contributed by atoms with Gasteiger partial charge in [0.2, 0.25) is 5.91 Å². The van der Waals surface area contributed by atoms with Crippen LogP contribution in [0.25, 0.3) is 11.0 Å². The summed E-state index contributed by atoms with van der Waals surface area (Å²) in [5, 5.41) is 7.79. The molecule has 0 fully saturated rings. The van der Waals surface area contributed by atoms with Crippen LogP contribution in [-0.4, -0.2) is 31.0 Å². The van der Waals surface area contributed by atoms with Gasteiger partial charge in [0.05, 0.1) is 0 Å². The van der Waals surface area contributed by atoms with E-state index in [9.17, 15) is 9.59 Å². The average molecular weight is 265 g/mol. The zero-order chi connectivity index (χ0) is 12.9. The minimum absolute atomic E-state index is 0.142. The molecule has 0 atom stereocenters. The summed E-state index contributed by atoms with van der Waals surface area (Å²) in [5.41, 5.74) is 0.362. The number of aromatic nitrogens is 4. The highest BCUT2D eigenvalue weighted by molar-refractivity contribution is 7.99. The first kappa shape index (κ1) is 11.3. The molecule has 0 bridgehead atoms. The van der Waals surface area contributed by atoms with E-state index in [1.165, 1.54) is 11.6 Å². The zero-order valence-corrected chi connectivity index (χ0v) is 10.7. The highest BCUT2D eigenvalue weighted by Gasteiger charge is 2.22. The third kappa shape index (κ3) is 1.52. The average Bonchev–Trinajstić information content (AvgIpc) is 2.85. The lowest BCUT2D eigenvalue weighted by Gasteiger charge is -2.01. The molecule has 1 amide bonds. The van der Waals surface area contributed by atoms with Crippen molar-refractivity contribution in [2.45, 2.75) is 18.6 Å². The van der Waals surface area contributed by atoms with Crippen LogP contribution >= 0.6 is 11.8 Å². The van der Waals surface area contributed by atoms with Crippen LogP contribution in [-0.2, 0) is 18.4 Å².